The van der Waals surface area contributed by atoms with Gasteiger partial charge in [-0.25, -0.2) is 4.21 Å². The molecule has 0 fully saturated rings. The monoisotopic (exact) mass is 369 g/mol. The van der Waals surface area contributed by atoms with Crippen LogP contribution in [0.25, 0.3) is 11.0 Å². The van der Waals surface area contributed by atoms with Crippen LogP contribution in [0.4, 0.5) is 0 Å². The smallest absolute Gasteiger partial charge is 0.176 e. The van der Waals surface area contributed by atoms with Crippen molar-refractivity contribution >= 4 is 21.8 Å². The van der Waals surface area contributed by atoms with Gasteiger partial charge in [0.05, 0.1) is 31.1 Å². The van der Waals surface area contributed by atoms with Crippen LogP contribution in [0.15, 0.2) is 44.5 Å². The normalized spacial score (nSPS) is 17.1. The molecule has 2 aliphatic heterocycles. The summed E-state index contributed by atoms with van der Waals surface area (Å²) >= 11 is 0. The first kappa shape index (κ1) is 16.1. The number of benzene rings is 2. The third-order valence-corrected chi connectivity index (χ3v) is 6.43. The van der Waals surface area contributed by atoms with Gasteiger partial charge in [-0.15, -0.1) is 0 Å². The molecular formula is C20H19NO4S. The van der Waals surface area contributed by atoms with E-state index in [0.717, 1.165) is 57.2 Å². The highest BCUT2D eigenvalue weighted by molar-refractivity contribution is 7.85. The van der Waals surface area contributed by atoms with E-state index in [2.05, 4.69) is 5.32 Å². The molecule has 0 bridgehead atoms. The summed E-state index contributed by atoms with van der Waals surface area (Å²) in [5.74, 6) is 1.62. The average molecular weight is 369 g/mol. The lowest BCUT2D eigenvalue weighted by Gasteiger charge is -2.11. The van der Waals surface area contributed by atoms with E-state index in [-0.39, 0.29) is 0 Å². The zero-order valence-corrected chi connectivity index (χ0v) is 15.3. The summed E-state index contributed by atoms with van der Waals surface area (Å²) in [6.07, 6.45) is 0.858. The van der Waals surface area contributed by atoms with Crippen molar-refractivity contribution in [3.8, 4) is 5.75 Å². The molecule has 0 saturated heterocycles. The number of hydrogen-bond donors (Lipinski definition) is 1. The maximum Gasteiger partial charge on any atom is 0.176 e. The highest BCUT2D eigenvalue weighted by Gasteiger charge is 2.23. The van der Waals surface area contributed by atoms with Crippen LogP contribution < -0.4 is 10.1 Å². The van der Waals surface area contributed by atoms with E-state index in [4.69, 9.17) is 13.9 Å². The molecule has 5 rings (SSSR count). The first-order chi connectivity index (χ1) is 12.7. The van der Waals surface area contributed by atoms with Crippen molar-refractivity contribution in [3.63, 3.8) is 0 Å². The Morgan fingerprint density at radius 3 is 2.88 bits per heavy atom. The summed E-state index contributed by atoms with van der Waals surface area (Å²) in [6, 6.07) is 9.72. The van der Waals surface area contributed by atoms with E-state index in [9.17, 15) is 4.21 Å². The third-order valence-electron chi connectivity index (χ3n) is 5.09. The summed E-state index contributed by atoms with van der Waals surface area (Å²) in [7, 11) is 0.329. The molecule has 26 heavy (non-hydrogen) atoms. The average Bonchev–Trinajstić information content (AvgIpc) is 3.30. The van der Waals surface area contributed by atoms with E-state index in [1.165, 1.54) is 5.56 Å². The summed E-state index contributed by atoms with van der Waals surface area (Å²) < 4.78 is 30.2. The molecule has 0 spiro atoms. The predicted octanol–water partition coefficient (Wildman–Crippen LogP) is 3.28. The van der Waals surface area contributed by atoms with Crippen molar-refractivity contribution in [2.24, 2.45) is 0 Å². The van der Waals surface area contributed by atoms with Gasteiger partial charge in [-0.1, -0.05) is 6.07 Å². The van der Waals surface area contributed by atoms with Crippen LogP contribution in [-0.2, 0) is 41.7 Å². The molecule has 0 amide bonds. The van der Waals surface area contributed by atoms with E-state index < -0.39 is 10.8 Å². The van der Waals surface area contributed by atoms with Gasteiger partial charge in [0.2, 0.25) is 0 Å². The fraction of sp³-hybridized carbons (Fsp3) is 0.300. The summed E-state index contributed by atoms with van der Waals surface area (Å²) in [5, 5.41) is 4.36. The minimum absolute atomic E-state index is 0.587. The summed E-state index contributed by atoms with van der Waals surface area (Å²) in [5.41, 5.74) is 4.18. The van der Waals surface area contributed by atoms with Gasteiger partial charge in [-0.2, -0.15) is 0 Å². The highest BCUT2D eigenvalue weighted by Crippen LogP contribution is 2.37. The van der Waals surface area contributed by atoms with Crippen molar-refractivity contribution < 1.29 is 18.1 Å². The Morgan fingerprint density at radius 1 is 1.12 bits per heavy atom. The number of furan rings is 1. The van der Waals surface area contributed by atoms with Crippen LogP contribution in [0.1, 0.15) is 22.5 Å². The molecule has 2 aromatic carbocycles. The van der Waals surface area contributed by atoms with E-state index in [1.54, 1.807) is 7.11 Å². The molecule has 3 aromatic rings. The Bertz CT molecular complexity index is 1040. The van der Waals surface area contributed by atoms with Gasteiger partial charge in [-0.05, 0) is 29.3 Å². The summed E-state index contributed by atoms with van der Waals surface area (Å²) in [6.45, 7) is 2.89. The van der Waals surface area contributed by atoms with E-state index >= 15 is 0 Å². The van der Waals surface area contributed by atoms with Gasteiger partial charge >= 0.3 is 0 Å². The molecule has 1 N–H and O–H groups in total. The van der Waals surface area contributed by atoms with Gasteiger partial charge in [0.15, 0.2) is 11.3 Å². The van der Waals surface area contributed by atoms with Crippen molar-refractivity contribution in [2.75, 3.05) is 13.7 Å². The van der Waals surface area contributed by atoms with Gasteiger partial charge in [-0.3, -0.25) is 0 Å². The van der Waals surface area contributed by atoms with Gasteiger partial charge in [0, 0.05) is 46.3 Å². The molecule has 1 unspecified atom stereocenters. The zero-order chi connectivity index (χ0) is 17.7. The number of nitrogens with one attached hydrogen (secondary N) is 1. The molecule has 0 radical (unpaired) electrons. The number of hydrogen-bond acceptors (Lipinski definition) is 5. The molecule has 2 aliphatic rings. The SMILES string of the molecule is COc1cc(S(=O)c2ccc3c(c2)COC3)cc2c3c(oc12)CCNC3. The molecule has 134 valence electrons. The van der Waals surface area contributed by atoms with Gasteiger partial charge < -0.3 is 19.2 Å². The van der Waals surface area contributed by atoms with Crippen molar-refractivity contribution in [1.29, 1.82) is 0 Å². The number of ether oxygens (including phenoxy) is 2. The Balaban J connectivity index is 1.63. The minimum atomic E-state index is -1.29. The van der Waals surface area contributed by atoms with Crippen LogP contribution in [0.2, 0.25) is 0 Å². The van der Waals surface area contributed by atoms with Gasteiger partial charge in [0.1, 0.15) is 5.76 Å². The topological polar surface area (TPSA) is 60.7 Å². The first-order valence-corrected chi connectivity index (χ1v) is 9.84. The second-order valence-electron chi connectivity index (χ2n) is 6.62. The van der Waals surface area contributed by atoms with Crippen LogP contribution in [0.5, 0.6) is 5.75 Å². The predicted molar refractivity (Wildman–Crippen MR) is 97.8 cm³/mol. The lowest BCUT2D eigenvalue weighted by molar-refractivity contribution is 0.134. The fourth-order valence-corrected chi connectivity index (χ4v) is 4.86. The van der Waals surface area contributed by atoms with Crippen LogP contribution in [0, 0.1) is 0 Å². The van der Waals surface area contributed by atoms with E-state index in [0.29, 0.717) is 19.0 Å². The standard InChI is InChI=1S/C20H19NO4S/c1-23-19-8-15(7-16-17-9-21-5-4-18(17)25-20(16)19)26(22)14-3-2-12-10-24-11-13(12)6-14/h2-3,6-8,21H,4-5,9-11H2,1H3. The van der Waals surface area contributed by atoms with Crippen molar-refractivity contribution in [3.05, 3.63) is 52.8 Å². The van der Waals surface area contributed by atoms with Crippen LogP contribution in [0.3, 0.4) is 0 Å². The maximum atomic E-state index is 13.2. The zero-order valence-electron chi connectivity index (χ0n) is 14.5. The Kier molecular flexibility index (Phi) is 3.85. The van der Waals surface area contributed by atoms with Crippen molar-refractivity contribution in [1.82, 2.24) is 5.32 Å². The quantitative estimate of drug-likeness (QED) is 0.768. The van der Waals surface area contributed by atoms with Crippen LogP contribution >= 0.6 is 0 Å². The van der Waals surface area contributed by atoms with Crippen molar-refractivity contribution in [2.45, 2.75) is 36.0 Å². The number of rotatable bonds is 3. The van der Waals surface area contributed by atoms with Gasteiger partial charge in [0.25, 0.3) is 0 Å². The fourth-order valence-electron chi connectivity index (χ4n) is 3.71. The van der Waals surface area contributed by atoms with E-state index in [1.807, 2.05) is 30.3 Å². The molecular weight excluding hydrogens is 350 g/mol. The molecule has 0 saturated carbocycles. The molecule has 5 nitrogen and oxygen atoms in total. The third kappa shape index (κ3) is 2.48. The largest absolute Gasteiger partial charge is 0.493 e. The lowest BCUT2D eigenvalue weighted by atomic mass is 10.1. The van der Waals surface area contributed by atoms with Crippen LogP contribution in [-0.4, -0.2) is 17.9 Å². The molecule has 0 aliphatic carbocycles. The lowest BCUT2D eigenvalue weighted by Crippen LogP contribution is -2.22. The second kappa shape index (κ2) is 6.23. The minimum Gasteiger partial charge on any atom is -0.493 e. The summed E-state index contributed by atoms with van der Waals surface area (Å²) in [4.78, 5) is 1.51. The first-order valence-electron chi connectivity index (χ1n) is 8.69. The molecule has 1 atom stereocenters. The Morgan fingerprint density at radius 2 is 2.00 bits per heavy atom. The molecule has 3 heterocycles. The molecule has 6 heteroatoms. The second-order valence-corrected chi connectivity index (χ2v) is 8.11. The Labute approximate surface area is 153 Å². The Hall–Kier alpha value is -2.15. The highest BCUT2D eigenvalue weighted by atomic mass is 32.2. The number of fused-ring (bicyclic) bond motifs is 4. The maximum absolute atomic E-state index is 13.2. The molecule has 1 aromatic heterocycles. The number of methoxy groups -OCH3 is 1.